The predicted octanol–water partition coefficient (Wildman–Crippen LogP) is 2.86. The van der Waals surface area contributed by atoms with E-state index in [1.165, 1.54) is 12.8 Å². The molecule has 0 heterocycles. The maximum atomic E-state index is 10.00. The van der Waals surface area contributed by atoms with E-state index in [0.29, 0.717) is 6.42 Å². The molecule has 0 aliphatic heterocycles. The summed E-state index contributed by atoms with van der Waals surface area (Å²) in [5.74, 6) is -0.947. The summed E-state index contributed by atoms with van der Waals surface area (Å²) in [6.45, 7) is 2.16. The molecule has 0 aliphatic carbocycles. The van der Waals surface area contributed by atoms with E-state index in [1.54, 1.807) is 0 Å². The summed E-state index contributed by atoms with van der Waals surface area (Å²) < 4.78 is 0. The Morgan fingerprint density at radius 2 is 1.75 bits per heavy atom. The van der Waals surface area contributed by atoms with Crippen LogP contribution >= 0.6 is 0 Å². The average molecular weight is 169 g/mol. The number of unbranched alkanes of at least 4 members (excludes halogenated alkanes) is 3. The molecule has 0 N–H and O–H groups in total. The molecular weight excluding hydrogens is 152 g/mol. The van der Waals surface area contributed by atoms with Crippen molar-refractivity contribution < 1.29 is 9.90 Å². The molecule has 0 amide bonds. The van der Waals surface area contributed by atoms with Crippen LogP contribution in [0.5, 0.6) is 0 Å². The van der Waals surface area contributed by atoms with Crippen LogP contribution < -0.4 is 0 Å². The molecule has 0 aromatic heterocycles. The Bertz CT molecular complexity index is 139. The highest BCUT2D eigenvalue weighted by atomic mass is 16.4. The molecule has 0 fully saturated rings. The molecule has 0 aromatic rings. The van der Waals surface area contributed by atoms with Crippen LogP contribution in [0.4, 0.5) is 0 Å². The van der Waals surface area contributed by atoms with Crippen LogP contribution in [0.1, 0.15) is 45.4 Å². The fraction of sp³-hybridized carbons (Fsp3) is 0.700. The van der Waals surface area contributed by atoms with E-state index in [0.717, 1.165) is 12.8 Å². The summed E-state index contributed by atoms with van der Waals surface area (Å²) in [5, 5.41) is 10.00. The molecule has 2 nitrogen and oxygen atoms in total. The molecule has 12 heavy (non-hydrogen) atoms. The van der Waals surface area contributed by atoms with Gasteiger partial charge < -0.3 is 0 Å². The first-order valence-electron chi connectivity index (χ1n) is 4.62. The second-order valence-electron chi connectivity index (χ2n) is 2.88. The van der Waals surface area contributed by atoms with Crippen molar-refractivity contribution in [3.8, 4) is 0 Å². The third kappa shape index (κ3) is 9.21. The molecule has 0 rings (SSSR count). The van der Waals surface area contributed by atoms with Crippen molar-refractivity contribution in [2.45, 2.75) is 45.4 Å². The van der Waals surface area contributed by atoms with Gasteiger partial charge in [-0.25, -0.2) is 9.90 Å². The van der Waals surface area contributed by atoms with Crippen molar-refractivity contribution >= 4 is 5.97 Å². The maximum absolute atomic E-state index is 10.00. The SMILES string of the molecule is CCCC/C=C\CCCC([O])=O. The monoisotopic (exact) mass is 169 g/mol. The van der Waals surface area contributed by atoms with E-state index in [1.807, 2.05) is 0 Å². The van der Waals surface area contributed by atoms with E-state index >= 15 is 0 Å². The lowest BCUT2D eigenvalue weighted by atomic mass is 10.2. The van der Waals surface area contributed by atoms with Gasteiger partial charge in [-0.3, -0.25) is 0 Å². The van der Waals surface area contributed by atoms with Crippen LogP contribution in [-0.2, 0) is 9.90 Å². The van der Waals surface area contributed by atoms with Crippen molar-refractivity contribution in [2.24, 2.45) is 0 Å². The van der Waals surface area contributed by atoms with Crippen LogP contribution in [0.25, 0.3) is 0 Å². The summed E-state index contributed by atoms with van der Waals surface area (Å²) in [7, 11) is 0. The normalized spacial score (nSPS) is 10.8. The summed E-state index contributed by atoms with van der Waals surface area (Å²) in [4.78, 5) is 10.00. The highest BCUT2D eigenvalue weighted by molar-refractivity contribution is 5.66. The van der Waals surface area contributed by atoms with Gasteiger partial charge in [-0.15, -0.1) is 0 Å². The van der Waals surface area contributed by atoms with Crippen LogP contribution in [0.2, 0.25) is 0 Å². The van der Waals surface area contributed by atoms with Gasteiger partial charge in [-0.05, 0) is 19.3 Å². The van der Waals surface area contributed by atoms with Gasteiger partial charge in [0.15, 0.2) is 0 Å². The minimum Gasteiger partial charge on any atom is -0.247 e. The Hall–Kier alpha value is -0.790. The molecular formula is C10H17O2. The quantitative estimate of drug-likeness (QED) is 0.426. The van der Waals surface area contributed by atoms with Gasteiger partial charge in [0.25, 0.3) is 0 Å². The Morgan fingerprint density at radius 3 is 2.25 bits per heavy atom. The van der Waals surface area contributed by atoms with E-state index in [4.69, 9.17) is 0 Å². The van der Waals surface area contributed by atoms with Crippen molar-refractivity contribution in [3.05, 3.63) is 12.2 Å². The molecule has 0 saturated carbocycles. The Labute approximate surface area is 74.3 Å². The number of carbonyl (C=O) groups is 1. The third-order valence-electron chi connectivity index (χ3n) is 1.64. The van der Waals surface area contributed by atoms with Gasteiger partial charge in [0.1, 0.15) is 0 Å². The first kappa shape index (κ1) is 11.2. The lowest BCUT2D eigenvalue weighted by Crippen LogP contribution is -1.90. The second-order valence-corrected chi connectivity index (χ2v) is 2.88. The van der Waals surface area contributed by atoms with Crippen molar-refractivity contribution in [1.29, 1.82) is 0 Å². The highest BCUT2D eigenvalue weighted by Crippen LogP contribution is 2.00. The first-order chi connectivity index (χ1) is 5.77. The summed E-state index contributed by atoms with van der Waals surface area (Å²) in [6, 6.07) is 0. The number of hydrogen-bond acceptors (Lipinski definition) is 1. The van der Waals surface area contributed by atoms with Crippen LogP contribution in [0, 0.1) is 0 Å². The standard InChI is InChI=1S/C10H17O2/c1-2-3-4-5-6-7-8-9-10(11)12/h5-6H,2-4,7-9H2,1H3/b6-5-. The van der Waals surface area contributed by atoms with Gasteiger partial charge in [-0.2, -0.15) is 0 Å². The number of allylic oxidation sites excluding steroid dienone is 2. The summed E-state index contributed by atoms with van der Waals surface area (Å²) in [6.07, 6.45) is 9.46. The van der Waals surface area contributed by atoms with Gasteiger partial charge in [0, 0.05) is 0 Å². The lowest BCUT2D eigenvalue weighted by molar-refractivity contribution is -0.143. The van der Waals surface area contributed by atoms with Gasteiger partial charge in [0.05, 0.1) is 6.42 Å². The number of hydrogen-bond donors (Lipinski definition) is 0. The zero-order chi connectivity index (χ0) is 9.23. The Balaban J connectivity index is 3.08. The highest BCUT2D eigenvalue weighted by Gasteiger charge is 1.95. The topological polar surface area (TPSA) is 37.0 Å². The number of carbonyl (C=O) groups excluding carboxylic acids is 1. The van der Waals surface area contributed by atoms with Crippen LogP contribution in [0.3, 0.4) is 0 Å². The molecule has 0 atom stereocenters. The molecule has 0 aliphatic rings. The first-order valence-corrected chi connectivity index (χ1v) is 4.62. The van der Waals surface area contributed by atoms with E-state index in [2.05, 4.69) is 19.1 Å². The van der Waals surface area contributed by atoms with E-state index < -0.39 is 5.97 Å². The minimum absolute atomic E-state index is 0.179. The Kier molecular flexibility index (Phi) is 7.76. The van der Waals surface area contributed by atoms with Gasteiger partial charge >= 0.3 is 5.97 Å². The molecule has 0 saturated heterocycles. The Morgan fingerprint density at radius 1 is 1.17 bits per heavy atom. The third-order valence-corrected chi connectivity index (χ3v) is 1.64. The fourth-order valence-electron chi connectivity index (χ4n) is 0.922. The zero-order valence-corrected chi connectivity index (χ0v) is 7.71. The van der Waals surface area contributed by atoms with Crippen molar-refractivity contribution in [3.63, 3.8) is 0 Å². The average Bonchev–Trinajstić information content (AvgIpc) is 2.02. The molecule has 0 bridgehead atoms. The molecule has 0 spiro atoms. The van der Waals surface area contributed by atoms with Crippen molar-refractivity contribution in [2.75, 3.05) is 0 Å². The molecule has 69 valence electrons. The smallest absolute Gasteiger partial charge is 0.247 e. The van der Waals surface area contributed by atoms with E-state index in [-0.39, 0.29) is 6.42 Å². The second kappa shape index (κ2) is 8.31. The maximum Gasteiger partial charge on any atom is 0.355 e. The number of rotatable bonds is 7. The predicted molar refractivity (Wildman–Crippen MR) is 48.2 cm³/mol. The zero-order valence-electron chi connectivity index (χ0n) is 7.71. The van der Waals surface area contributed by atoms with Crippen molar-refractivity contribution in [1.82, 2.24) is 0 Å². The minimum atomic E-state index is -0.947. The van der Waals surface area contributed by atoms with E-state index in [9.17, 15) is 9.90 Å². The summed E-state index contributed by atoms with van der Waals surface area (Å²) in [5.41, 5.74) is 0. The summed E-state index contributed by atoms with van der Waals surface area (Å²) >= 11 is 0. The van der Waals surface area contributed by atoms with Crippen LogP contribution in [0.15, 0.2) is 12.2 Å². The molecule has 0 unspecified atom stereocenters. The van der Waals surface area contributed by atoms with Crippen LogP contribution in [-0.4, -0.2) is 5.97 Å². The van der Waals surface area contributed by atoms with Gasteiger partial charge in [0.2, 0.25) is 0 Å². The fourth-order valence-corrected chi connectivity index (χ4v) is 0.922. The molecule has 0 aromatic carbocycles. The molecule has 2 heteroatoms. The van der Waals surface area contributed by atoms with Gasteiger partial charge in [-0.1, -0.05) is 31.9 Å². The lowest BCUT2D eigenvalue weighted by Gasteiger charge is -1.90. The molecule has 1 radical (unpaired) electrons. The largest absolute Gasteiger partial charge is 0.355 e.